The molecule has 11 heteroatoms. The fourth-order valence-corrected chi connectivity index (χ4v) is 12.2. The van der Waals surface area contributed by atoms with Gasteiger partial charge in [-0.25, -0.2) is 8.78 Å². The normalized spacial score (nSPS) is 25.6. The average molecular weight is 825 g/mol. The number of nitrogens with one attached hydrogen (secondary N) is 1. The minimum absolute atomic E-state index is 0.0789. The number of benzene rings is 3. The number of nitrogens with zero attached hydrogens (tertiary/aromatic N) is 4. The van der Waals surface area contributed by atoms with Gasteiger partial charge in [0.2, 0.25) is 11.8 Å². The Bertz CT molecular complexity index is 2290. The summed E-state index contributed by atoms with van der Waals surface area (Å²) in [7, 11) is 0. The van der Waals surface area contributed by atoms with Gasteiger partial charge in [-0.2, -0.15) is 4.98 Å². The number of hydrogen-bond acceptors (Lipinski definition) is 6. The molecule has 292 valence electrons. The molecular formula is C45H48BrF2N5O3. The summed E-state index contributed by atoms with van der Waals surface area (Å²) in [6.45, 7) is 4.81. The number of amides is 2. The number of hydrogen-bond donors (Lipinski definition) is 1. The first-order valence-corrected chi connectivity index (χ1v) is 21.6. The van der Waals surface area contributed by atoms with Crippen LogP contribution in [0.5, 0.6) is 0 Å². The van der Waals surface area contributed by atoms with Gasteiger partial charge in [-0.15, -0.1) is 0 Å². The molecule has 4 aliphatic heterocycles. The van der Waals surface area contributed by atoms with Gasteiger partial charge in [-0.1, -0.05) is 37.5 Å². The molecule has 2 amide bonds. The van der Waals surface area contributed by atoms with Gasteiger partial charge in [0.25, 0.3) is 5.56 Å². The fraction of sp³-hybridized carbons (Fsp3) is 0.511. The highest BCUT2D eigenvalue weighted by Crippen LogP contribution is 2.53. The van der Waals surface area contributed by atoms with Crippen molar-refractivity contribution in [1.82, 2.24) is 19.8 Å². The van der Waals surface area contributed by atoms with Crippen molar-refractivity contribution in [2.45, 2.75) is 101 Å². The summed E-state index contributed by atoms with van der Waals surface area (Å²) < 4.78 is 33.6. The first-order valence-electron chi connectivity index (χ1n) is 20.8. The van der Waals surface area contributed by atoms with Gasteiger partial charge in [-0.3, -0.25) is 24.3 Å². The van der Waals surface area contributed by atoms with Gasteiger partial charge in [0.15, 0.2) is 0 Å². The molecule has 6 aliphatic rings. The molecule has 1 N–H and O–H groups in total. The second-order valence-corrected chi connectivity index (χ2v) is 18.7. The average Bonchev–Trinajstić information content (AvgIpc) is 3.43. The highest BCUT2D eigenvalue weighted by Gasteiger charge is 2.48. The lowest BCUT2D eigenvalue weighted by Gasteiger charge is -2.55. The first-order chi connectivity index (χ1) is 27.1. The number of fused-ring (bicyclic) bond motifs is 7. The number of imide groups is 1. The number of aromatic nitrogens is 2. The molecule has 1 unspecified atom stereocenters. The van der Waals surface area contributed by atoms with Crippen LogP contribution in [0, 0.1) is 23.0 Å². The van der Waals surface area contributed by atoms with E-state index in [1.54, 1.807) is 0 Å². The number of rotatable bonds is 5. The molecule has 5 heterocycles. The molecule has 3 saturated heterocycles. The van der Waals surface area contributed by atoms with Crippen molar-refractivity contribution in [1.29, 1.82) is 0 Å². The van der Waals surface area contributed by atoms with Crippen LogP contribution in [-0.4, -0.2) is 59.0 Å². The molecule has 2 aliphatic carbocycles. The van der Waals surface area contributed by atoms with Crippen molar-refractivity contribution in [3.8, 4) is 5.69 Å². The molecule has 1 aromatic heterocycles. The molecule has 0 bridgehead atoms. The smallest absolute Gasteiger partial charge is 0.281 e. The maximum Gasteiger partial charge on any atom is 0.281 e. The van der Waals surface area contributed by atoms with Gasteiger partial charge in [0.05, 0.1) is 27.9 Å². The number of carbonyl (C=O) groups is 2. The molecule has 2 saturated carbocycles. The highest BCUT2D eigenvalue weighted by molar-refractivity contribution is 9.10. The van der Waals surface area contributed by atoms with Crippen LogP contribution in [0.3, 0.4) is 0 Å². The van der Waals surface area contributed by atoms with Gasteiger partial charge in [0, 0.05) is 54.9 Å². The number of halogens is 3. The summed E-state index contributed by atoms with van der Waals surface area (Å²) in [6, 6.07) is 15.9. The molecule has 10 rings (SSSR count). The van der Waals surface area contributed by atoms with E-state index in [1.165, 1.54) is 61.1 Å². The molecule has 8 nitrogen and oxygen atoms in total. The summed E-state index contributed by atoms with van der Waals surface area (Å²) in [5.74, 6) is -1.30. The summed E-state index contributed by atoms with van der Waals surface area (Å²) in [5.41, 5.74) is 5.13. The molecule has 0 radical (unpaired) electrons. The molecule has 5 fully saturated rings. The Morgan fingerprint density at radius 2 is 1.59 bits per heavy atom. The minimum atomic E-state index is -0.982. The van der Waals surface area contributed by atoms with Gasteiger partial charge in [-0.05, 0) is 132 Å². The van der Waals surface area contributed by atoms with E-state index in [-0.39, 0.29) is 34.8 Å². The van der Waals surface area contributed by atoms with E-state index in [0.717, 1.165) is 87.1 Å². The fourth-order valence-electron chi connectivity index (χ4n) is 11.6. The predicted octanol–water partition coefficient (Wildman–Crippen LogP) is 8.39. The summed E-state index contributed by atoms with van der Waals surface area (Å²) in [5, 5.41) is 2.86. The van der Waals surface area contributed by atoms with Crippen molar-refractivity contribution in [2.24, 2.45) is 11.3 Å². The highest BCUT2D eigenvalue weighted by atomic mass is 79.9. The van der Waals surface area contributed by atoms with E-state index in [4.69, 9.17) is 4.98 Å². The monoisotopic (exact) mass is 823 g/mol. The Morgan fingerprint density at radius 1 is 0.857 bits per heavy atom. The number of piperidine rings is 2. The lowest BCUT2D eigenvalue weighted by Crippen LogP contribution is -2.61. The van der Waals surface area contributed by atoms with E-state index in [1.807, 2.05) is 12.1 Å². The summed E-state index contributed by atoms with van der Waals surface area (Å²) >= 11 is 3.65. The standard InChI is InChI=1S/C45H48BrF2N5O3/c46-33-5-4-6-36-40(33)42(56)50-43-45(15-2-1-3-16-45)32-13-11-29(21-37(32)53(36)43)28-9-7-27(8-10-28)24-51-25-44(26-51)17-19-52(20-18-44)30-22-34(47)39(35(48)23-30)31-12-14-38(54)49-41(31)55/h4-6,11,13,21-23,27-28,31H,1-3,7-10,12,14-20,24-26H2,(H,49,54,55). The Balaban J connectivity index is 0.767. The zero-order valence-electron chi connectivity index (χ0n) is 31.7. The van der Waals surface area contributed by atoms with Gasteiger partial charge < -0.3 is 9.80 Å². The number of likely N-dealkylation sites (tertiary alicyclic amines) is 1. The molecular weight excluding hydrogens is 776 g/mol. The topological polar surface area (TPSA) is 87.5 Å². The van der Waals surface area contributed by atoms with Crippen molar-refractivity contribution < 1.29 is 18.4 Å². The Labute approximate surface area is 334 Å². The number of anilines is 1. The largest absolute Gasteiger partial charge is 0.371 e. The van der Waals surface area contributed by atoms with Crippen LogP contribution in [0.4, 0.5) is 14.5 Å². The molecule has 4 aromatic rings. The van der Waals surface area contributed by atoms with Crippen molar-refractivity contribution in [2.75, 3.05) is 37.6 Å². The maximum atomic E-state index is 15.2. The predicted molar refractivity (Wildman–Crippen MR) is 215 cm³/mol. The third-order valence-corrected chi connectivity index (χ3v) is 15.2. The van der Waals surface area contributed by atoms with E-state index in [0.29, 0.717) is 22.9 Å². The van der Waals surface area contributed by atoms with Gasteiger partial charge >= 0.3 is 0 Å². The molecule has 1 atom stereocenters. The SMILES string of the molecule is O=C1CCC(c2c(F)cc(N3CCC4(CC3)CN(CC3CCC(c5ccc6c(c5)-n5c(nc(=O)c7c(Br)cccc75)C65CCCCC5)CC3)C4)cc2F)C(=O)N1. The van der Waals surface area contributed by atoms with Crippen molar-refractivity contribution in [3.05, 3.63) is 97.5 Å². The second kappa shape index (κ2) is 13.9. The minimum Gasteiger partial charge on any atom is -0.371 e. The quantitative estimate of drug-likeness (QED) is 0.204. The van der Waals surface area contributed by atoms with Crippen LogP contribution >= 0.6 is 15.9 Å². The van der Waals surface area contributed by atoms with Crippen molar-refractivity contribution >= 4 is 44.3 Å². The molecule has 2 spiro atoms. The van der Waals surface area contributed by atoms with Crippen LogP contribution < -0.4 is 15.8 Å². The van der Waals surface area contributed by atoms with Crippen molar-refractivity contribution in [3.63, 3.8) is 0 Å². The second-order valence-electron chi connectivity index (χ2n) is 17.8. The molecule has 3 aromatic carbocycles. The first kappa shape index (κ1) is 36.4. The van der Waals surface area contributed by atoms with E-state index < -0.39 is 29.4 Å². The van der Waals surface area contributed by atoms with Crippen LogP contribution in [0.25, 0.3) is 16.6 Å². The van der Waals surface area contributed by atoms with Crippen LogP contribution in [0.1, 0.15) is 118 Å². The maximum absolute atomic E-state index is 15.2. The lowest BCUT2D eigenvalue weighted by atomic mass is 9.69. The van der Waals surface area contributed by atoms with E-state index in [2.05, 4.69) is 59.9 Å². The zero-order valence-corrected chi connectivity index (χ0v) is 33.3. The summed E-state index contributed by atoms with van der Waals surface area (Å²) in [4.78, 5) is 46.8. The third-order valence-electron chi connectivity index (χ3n) is 14.6. The van der Waals surface area contributed by atoms with Crippen LogP contribution in [0.15, 0.2) is 57.8 Å². The third kappa shape index (κ3) is 5.96. The summed E-state index contributed by atoms with van der Waals surface area (Å²) in [6.07, 6.45) is 12.6. The molecule has 56 heavy (non-hydrogen) atoms. The van der Waals surface area contributed by atoms with E-state index in [9.17, 15) is 14.4 Å². The van der Waals surface area contributed by atoms with E-state index >= 15 is 8.78 Å². The van der Waals surface area contributed by atoms with Crippen LogP contribution in [0.2, 0.25) is 0 Å². The Morgan fingerprint density at radius 3 is 2.30 bits per heavy atom. The lowest BCUT2D eigenvalue weighted by molar-refractivity contribution is -0.134. The Hall–Kier alpha value is -3.96. The number of carbonyl (C=O) groups excluding carboxylic acids is 2. The Kier molecular flexibility index (Phi) is 9.00. The van der Waals surface area contributed by atoms with Crippen LogP contribution in [-0.2, 0) is 15.0 Å². The van der Waals surface area contributed by atoms with Gasteiger partial charge in [0.1, 0.15) is 17.5 Å². The zero-order chi connectivity index (χ0) is 38.3.